The number of aromatic nitrogens is 2. The molecular formula is C21H35N5O. The normalized spacial score (nSPS) is 27.6. The second kappa shape index (κ2) is 8.84. The number of likely N-dealkylation sites (tertiary alicyclic amines) is 1. The van der Waals surface area contributed by atoms with Crippen molar-refractivity contribution in [3.8, 4) is 0 Å². The molecule has 0 bridgehead atoms. The van der Waals surface area contributed by atoms with Crippen LogP contribution in [-0.2, 0) is 11.3 Å². The molecule has 2 aliphatic carbocycles. The van der Waals surface area contributed by atoms with Gasteiger partial charge in [0.15, 0.2) is 5.82 Å². The van der Waals surface area contributed by atoms with Gasteiger partial charge >= 0.3 is 0 Å². The molecule has 0 amide bonds. The van der Waals surface area contributed by atoms with E-state index in [0.29, 0.717) is 18.6 Å². The minimum Gasteiger partial charge on any atom is -0.377 e. The second-order valence-electron chi connectivity index (χ2n) is 8.75. The zero-order chi connectivity index (χ0) is 18.6. The number of methoxy groups -OCH3 is 1. The molecule has 2 saturated carbocycles. The molecule has 1 aromatic heterocycles. The van der Waals surface area contributed by atoms with Gasteiger partial charge < -0.3 is 20.7 Å². The molecule has 6 heteroatoms. The second-order valence-corrected chi connectivity index (χ2v) is 8.75. The Morgan fingerprint density at radius 2 is 1.89 bits per heavy atom. The lowest BCUT2D eigenvalue weighted by atomic mass is 9.78. The molecule has 4 rings (SSSR count). The Morgan fingerprint density at radius 1 is 1.15 bits per heavy atom. The van der Waals surface area contributed by atoms with E-state index in [1.54, 1.807) is 7.11 Å². The van der Waals surface area contributed by atoms with Gasteiger partial charge in [-0.3, -0.25) is 0 Å². The fraction of sp³-hybridized carbons (Fsp3) is 0.810. The Labute approximate surface area is 163 Å². The van der Waals surface area contributed by atoms with Crippen LogP contribution in [0.3, 0.4) is 0 Å². The summed E-state index contributed by atoms with van der Waals surface area (Å²) in [5, 5.41) is 3.60. The first kappa shape index (κ1) is 19.1. The van der Waals surface area contributed by atoms with Crippen LogP contribution in [0.15, 0.2) is 6.07 Å². The SMILES string of the molecule is COCc1nc(NCC2CCN(C3CCCC3)CC2)cc(C2CC(N)C2)n1. The number of nitrogens with two attached hydrogens (primary N) is 1. The average molecular weight is 374 g/mol. The van der Waals surface area contributed by atoms with E-state index < -0.39 is 0 Å². The Bertz CT molecular complexity index is 605. The molecule has 3 aliphatic rings. The third-order valence-corrected chi connectivity index (χ3v) is 6.72. The predicted octanol–water partition coefficient (Wildman–Crippen LogP) is 2.89. The highest BCUT2D eigenvalue weighted by molar-refractivity contribution is 5.38. The smallest absolute Gasteiger partial charge is 0.156 e. The maximum atomic E-state index is 5.97. The summed E-state index contributed by atoms with van der Waals surface area (Å²) >= 11 is 0. The summed E-state index contributed by atoms with van der Waals surface area (Å²) in [5.74, 6) is 2.94. The van der Waals surface area contributed by atoms with Crippen molar-refractivity contribution in [2.75, 3.05) is 32.1 Å². The van der Waals surface area contributed by atoms with Gasteiger partial charge in [0.05, 0.1) is 0 Å². The number of anilines is 1. The van der Waals surface area contributed by atoms with Gasteiger partial charge in [0.25, 0.3) is 0 Å². The summed E-state index contributed by atoms with van der Waals surface area (Å²) in [6, 6.07) is 3.33. The van der Waals surface area contributed by atoms with Crippen molar-refractivity contribution in [3.63, 3.8) is 0 Å². The van der Waals surface area contributed by atoms with E-state index in [1.807, 2.05) is 0 Å². The molecule has 3 N–H and O–H groups in total. The molecule has 0 spiro atoms. The van der Waals surface area contributed by atoms with Gasteiger partial charge in [-0.1, -0.05) is 12.8 Å². The maximum Gasteiger partial charge on any atom is 0.156 e. The fourth-order valence-electron chi connectivity index (χ4n) is 4.95. The number of piperidine rings is 1. The highest BCUT2D eigenvalue weighted by Gasteiger charge is 2.30. The van der Waals surface area contributed by atoms with Gasteiger partial charge in [0.2, 0.25) is 0 Å². The molecule has 1 aliphatic heterocycles. The molecule has 1 aromatic rings. The average Bonchev–Trinajstić information content (AvgIpc) is 3.19. The van der Waals surface area contributed by atoms with Gasteiger partial charge in [-0.15, -0.1) is 0 Å². The third kappa shape index (κ3) is 4.79. The summed E-state index contributed by atoms with van der Waals surface area (Å²) in [7, 11) is 1.69. The zero-order valence-electron chi connectivity index (χ0n) is 16.7. The molecule has 0 unspecified atom stereocenters. The molecule has 150 valence electrons. The lowest BCUT2D eigenvalue weighted by molar-refractivity contribution is 0.138. The standard InChI is InChI=1S/C21H35N5O/c1-27-14-21-24-19(16-10-17(22)11-16)12-20(25-21)23-13-15-6-8-26(9-7-15)18-4-2-3-5-18/h12,15-18H,2-11,13-14,22H2,1H3,(H,23,24,25). The van der Waals surface area contributed by atoms with Crippen molar-refractivity contribution >= 4 is 5.82 Å². The monoisotopic (exact) mass is 373 g/mol. The van der Waals surface area contributed by atoms with Crippen LogP contribution in [0, 0.1) is 5.92 Å². The lowest BCUT2D eigenvalue weighted by Crippen LogP contribution is -2.41. The first-order valence-electron chi connectivity index (χ1n) is 10.8. The minimum absolute atomic E-state index is 0.331. The first-order chi connectivity index (χ1) is 13.2. The Morgan fingerprint density at radius 3 is 2.56 bits per heavy atom. The van der Waals surface area contributed by atoms with Crippen LogP contribution in [0.5, 0.6) is 0 Å². The topological polar surface area (TPSA) is 76.3 Å². The number of nitrogens with zero attached hydrogens (tertiary/aromatic N) is 3. The van der Waals surface area contributed by atoms with Crippen molar-refractivity contribution in [3.05, 3.63) is 17.6 Å². The van der Waals surface area contributed by atoms with Crippen molar-refractivity contribution in [1.82, 2.24) is 14.9 Å². The van der Waals surface area contributed by atoms with Crippen molar-refractivity contribution in [2.45, 2.75) is 76.0 Å². The number of rotatable bonds is 7. The molecule has 27 heavy (non-hydrogen) atoms. The van der Waals surface area contributed by atoms with Gasteiger partial charge in [-0.25, -0.2) is 9.97 Å². The van der Waals surface area contributed by atoms with Crippen LogP contribution in [0.2, 0.25) is 0 Å². The summed E-state index contributed by atoms with van der Waals surface area (Å²) in [6.07, 6.45) is 10.3. The van der Waals surface area contributed by atoms with Crippen molar-refractivity contribution < 1.29 is 4.74 Å². The van der Waals surface area contributed by atoms with E-state index in [-0.39, 0.29) is 0 Å². The summed E-state index contributed by atoms with van der Waals surface area (Å²) in [4.78, 5) is 12.1. The van der Waals surface area contributed by atoms with E-state index in [0.717, 1.165) is 48.7 Å². The summed E-state index contributed by atoms with van der Waals surface area (Å²) in [6.45, 7) is 3.99. The molecule has 0 atom stereocenters. The minimum atomic E-state index is 0.331. The number of nitrogens with one attached hydrogen (secondary N) is 1. The molecular weight excluding hydrogens is 338 g/mol. The Hall–Kier alpha value is -1.24. The van der Waals surface area contributed by atoms with Crippen LogP contribution in [0.4, 0.5) is 5.82 Å². The van der Waals surface area contributed by atoms with E-state index in [4.69, 9.17) is 15.5 Å². The van der Waals surface area contributed by atoms with Crippen LogP contribution in [0.25, 0.3) is 0 Å². The molecule has 6 nitrogen and oxygen atoms in total. The molecule has 0 radical (unpaired) electrons. The quantitative estimate of drug-likeness (QED) is 0.765. The van der Waals surface area contributed by atoms with Crippen molar-refractivity contribution in [1.29, 1.82) is 0 Å². The summed E-state index contributed by atoms with van der Waals surface area (Å²) < 4.78 is 5.26. The Balaban J connectivity index is 1.31. The van der Waals surface area contributed by atoms with Gasteiger partial charge in [-0.2, -0.15) is 0 Å². The van der Waals surface area contributed by atoms with Crippen LogP contribution >= 0.6 is 0 Å². The molecule has 3 fully saturated rings. The van der Waals surface area contributed by atoms with E-state index in [1.165, 1.54) is 51.6 Å². The number of hydrogen-bond donors (Lipinski definition) is 2. The molecule has 0 aromatic carbocycles. The van der Waals surface area contributed by atoms with E-state index in [2.05, 4.69) is 21.3 Å². The van der Waals surface area contributed by atoms with Gasteiger partial charge in [0, 0.05) is 43.4 Å². The maximum absolute atomic E-state index is 5.97. The molecule has 2 heterocycles. The van der Waals surface area contributed by atoms with Crippen LogP contribution < -0.4 is 11.1 Å². The highest BCUT2D eigenvalue weighted by Crippen LogP contribution is 2.35. The zero-order valence-corrected chi connectivity index (χ0v) is 16.7. The van der Waals surface area contributed by atoms with E-state index in [9.17, 15) is 0 Å². The Kier molecular flexibility index (Phi) is 6.25. The number of hydrogen-bond acceptors (Lipinski definition) is 6. The van der Waals surface area contributed by atoms with Crippen LogP contribution in [0.1, 0.15) is 68.8 Å². The van der Waals surface area contributed by atoms with Crippen molar-refractivity contribution in [2.24, 2.45) is 11.7 Å². The third-order valence-electron chi connectivity index (χ3n) is 6.72. The highest BCUT2D eigenvalue weighted by atomic mass is 16.5. The largest absolute Gasteiger partial charge is 0.377 e. The van der Waals surface area contributed by atoms with Gasteiger partial charge in [0.1, 0.15) is 12.4 Å². The predicted molar refractivity (Wildman–Crippen MR) is 108 cm³/mol. The fourth-order valence-corrected chi connectivity index (χ4v) is 4.95. The van der Waals surface area contributed by atoms with E-state index >= 15 is 0 Å². The number of ether oxygens (including phenoxy) is 1. The lowest BCUT2D eigenvalue weighted by Gasteiger charge is -2.36. The van der Waals surface area contributed by atoms with Crippen LogP contribution in [-0.4, -0.2) is 53.7 Å². The molecule has 1 saturated heterocycles. The first-order valence-corrected chi connectivity index (χ1v) is 10.8. The van der Waals surface area contributed by atoms with Gasteiger partial charge in [-0.05, 0) is 57.5 Å². The summed E-state index contributed by atoms with van der Waals surface area (Å²) in [5.41, 5.74) is 7.09.